The van der Waals surface area contributed by atoms with Gasteiger partial charge in [-0.2, -0.15) is 0 Å². The van der Waals surface area contributed by atoms with Crippen molar-refractivity contribution >= 4 is 18.4 Å². The van der Waals surface area contributed by atoms with Gasteiger partial charge in [-0.15, -0.1) is 12.4 Å². The van der Waals surface area contributed by atoms with E-state index >= 15 is 0 Å². The molecule has 0 aromatic heterocycles. The Morgan fingerprint density at radius 3 is 2.60 bits per heavy atom. The van der Waals surface area contributed by atoms with E-state index in [1.165, 1.54) is 12.8 Å². The lowest BCUT2D eigenvalue weighted by Gasteiger charge is -2.24. The van der Waals surface area contributed by atoms with Crippen LogP contribution in [0, 0.1) is 11.8 Å². The van der Waals surface area contributed by atoms with E-state index in [4.69, 9.17) is 4.74 Å². The monoisotopic (exact) mass is 235 g/mol. The van der Waals surface area contributed by atoms with Gasteiger partial charge in [0.1, 0.15) is 0 Å². The van der Waals surface area contributed by atoms with E-state index in [0.29, 0.717) is 12.5 Å². The summed E-state index contributed by atoms with van der Waals surface area (Å²) in [5, 5.41) is 3.33. The first-order valence-corrected chi connectivity index (χ1v) is 5.61. The van der Waals surface area contributed by atoms with Crippen LogP contribution >= 0.6 is 12.4 Å². The number of piperidine rings is 1. The maximum absolute atomic E-state index is 11.4. The van der Waals surface area contributed by atoms with E-state index in [-0.39, 0.29) is 24.3 Å². The van der Waals surface area contributed by atoms with Crippen LogP contribution in [-0.2, 0) is 9.53 Å². The molecule has 1 saturated heterocycles. The van der Waals surface area contributed by atoms with E-state index in [9.17, 15) is 4.79 Å². The average Bonchev–Trinajstić information content (AvgIpc) is 2.19. The number of esters is 1. The highest BCUT2D eigenvalue weighted by Gasteiger charge is 2.21. The molecular weight excluding hydrogens is 214 g/mol. The molecule has 1 heterocycles. The SMILES string of the molecule is CCOC(=O)C(C)CC1CCNCC1.Cl. The lowest BCUT2D eigenvalue weighted by Crippen LogP contribution is -2.29. The number of nitrogens with one attached hydrogen (secondary N) is 1. The third-order valence-corrected chi connectivity index (χ3v) is 2.83. The number of halogens is 1. The zero-order chi connectivity index (χ0) is 10.4. The number of carbonyl (C=O) groups is 1. The zero-order valence-electron chi connectivity index (χ0n) is 9.62. The summed E-state index contributed by atoms with van der Waals surface area (Å²) >= 11 is 0. The van der Waals surface area contributed by atoms with Crippen molar-refractivity contribution in [3.8, 4) is 0 Å². The highest BCUT2D eigenvalue weighted by atomic mass is 35.5. The van der Waals surface area contributed by atoms with E-state index in [2.05, 4.69) is 5.32 Å². The lowest BCUT2D eigenvalue weighted by atomic mass is 9.89. The molecule has 0 saturated carbocycles. The van der Waals surface area contributed by atoms with E-state index in [1.54, 1.807) is 0 Å². The van der Waals surface area contributed by atoms with Crippen molar-refractivity contribution in [2.24, 2.45) is 11.8 Å². The first-order valence-electron chi connectivity index (χ1n) is 5.61. The third kappa shape index (κ3) is 5.38. The second-order valence-electron chi connectivity index (χ2n) is 4.08. The largest absolute Gasteiger partial charge is 0.466 e. The Morgan fingerprint density at radius 1 is 1.47 bits per heavy atom. The predicted octanol–water partition coefficient (Wildman–Crippen LogP) is 2.00. The quantitative estimate of drug-likeness (QED) is 0.758. The van der Waals surface area contributed by atoms with Crippen molar-refractivity contribution in [2.75, 3.05) is 19.7 Å². The molecular formula is C11H22ClNO2. The fraction of sp³-hybridized carbons (Fsp3) is 0.909. The van der Waals surface area contributed by atoms with Gasteiger partial charge >= 0.3 is 5.97 Å². The molecule has 1 aliphatic rings. The Labute approximate surface area is 98.4 Å². The molecule has 4 heteroatoms. The summed E-state index contributed by atoms with van der Waals surface area (Å²) < 4.78 is 4.99. The number of rotatable bonds is 4. The van der Waals surface area contributed by atoms with Crippen molar-refractivity contribution in [2.45, 2.75) is 33.1 Å². The molecule has 3 nitrogen and oxygen atoms in total. The number of ether oxygens (including phenoxy) is 1. The molecule has 0 radical (unpaired) electrons. The van der Waals surface area contributed by atoms with Gasteiger partial charge in [-0.3, -0.25) is 4.79 Å². The Hall–Kier alpha value is -0.280. The molecule has 1 rings (SSSR count). The van der Waals surface area contributed by atoms with Gasteiger partial charge < -0.3 is 10.1 Å². The molecule has 0 aromatic carbocycles. The summed E-state index contributed by atoms with van der Waals surface area (Å²) in [4.78, 5) is 11.4. The number of hydrogen-bond donors (Lipinski definition) is 1. The van der Waals surface area contributed by atoms with E-state index in [0.717, 1.165) is 19.5 Å². The van der Waals surface area contributed by atoms with Crippen LogP contribution in [0.5, 0.6) is 0 Å². The van der Waals surface area contributed by atoms with Crippen molar-refractivity contribution in [3.05, 3.63) is 0 Å². The fourth-order valence-corrected chi connectivity index (χ4v) is 2.00. The Balaban J connectivity index is 0.00000196. The predicted molar refractivity (Wildman–Crippen MR) is 63.3 cm³/mol. The summed E-state index contributed by atoms with van der Waals surface area (Å²) in [6.45, 7) is 6.52. The van der Waals surface area contributed by atoms with Gasteiger partial charge in [0, 0.05) is 0 Å². The Kier molecular flexibility index (Phi) is 7.79. The normalized spacial score (nSPS) is 19.1. The summed E-state index contributed by atoms with van der Waals surface area (Å²) in [6.07, 6.45) is 3.38. The highest BCUT2D eigenvalue weighted by molar-refractivity contribution is 5.85. The van der Waals surface area contributed by atoms with Crippen molar-refractivity contribution < 1.29 is 9.53 Å². The van der Waals surface area contributed by atoms with Gasteiger partial charge in [-0.05, 0) is 45.2 Å². The van der Waals surface area contributed by atoms with Crippen molar-refractivity contribution in [1.29, 1.82) is 0 Å². The molecule has 15 heavy (non-hydrogen) atoms. The fourth-order valence-electron chi connectivity index (χ4n) is 2.00. The minimum Gasteiger partial charge on any atom is -0.466 e. The molecule has 1 fully saturated rings. The first-order chi connectivity index (χ1) is 6.74. The van der Waals surface area contributed by atoms with Gasteiger partial charge in [0.15, 0.2) is 0 Å². The van der Waals surface area contributed by atoms with Crippen molar-refractivity contribution in [3.63, 3.8) is 0 Å². The average molecular weight is 236 g/mol. The molecule has 1 aliphatic heterocycles. The van der Waals surface area contributed by atoms with E-state index in [1.807, 2.05) is 13.8 Å². The maximum Gasteiger partial charge on any atom is 0.308 e. The van der Waals surface area contributed by atoms with Gasteiger partial charge in [-0.25, -0.2) is 0 Å². The maximum atomic E-state index is 11.4. The van der Waals surface area contributed by atoms with E-state index < -0.39 is 0 Å². The second-order valence-corrected chi connectivity index (χ2v) is 4.08. The Morgan fingerprint density at radius 2 is 2.07 bits per heavy atom. The van der Waals surface area contributed by atoms with Crippen LogP contribution in [0.4, 0.5) is 0 Å². The lowest BCUT2D eigenvalue weighted by molar-refractivity contribution is -0.148. The minimum absolute atomic E-state index is 0. The Bertz CT molecular complexity index is 181. The van der Waals surface area contributed by atoms with Crippen LogP contribution in [0.1, 0.15) is 33.1 Å². The van der Waals surface area contributed by atoms with Gasteiger partial charge in [0.2, 0.25) is 0 Å². The summed E-state index contributed by atoms with van der Waals surface area (Å²) in [6, 6.07) is 0. The molecule has 0 aliphatic carbocycles. The first kappa shape index (κ1) is 14.7. The van der Waals surface area contributed by atoms with Gasteiger partial charge in [-0.1, -0.05) is 6.92 Å². The van der Waals surface area contributed by atoms with Crippen LogP contribution in [0.3, 0.4) is 0 Å². The topological polar surface area (TPSA) is 38.3 Å². The third-order valence-electron chi connectivity index (χ3n) is 2.83. The summed E-state index contributed by atoms with van der Waals surface area (Å²) in [5.41, 5.74) is 0. The molecule has 0 aromatic rings. The summed E-state index contributed by atoms with van der Waals surface area (Å²) in [5.74, 6) is 0.736. The van der Waals surface area contributed by atoms with Gasteiger partial charge in [0.05, 0.1) is 12.5 Å². The molecule has 1 atom stereocenters. The van der Waals surface area contributed by atoms with Crippen LogP contribution in [0.2, 0.25) is 0 Å². The van der Waals surface area contributed by atoms with Crippen LogP contribution in [0.15, 0.2) is 0 Å². The second kappa shape index (κ2) is 7.94. The molecule has 0 spiro atoms. The minimum atomic E-state index is -0.0361. The highest BCUT2D eigenvalue weighted by Crippen LogP contribution is 2.21. The van der Waals surface area contributed by atoms with Crippen molar-refractivity contribution in [1.82, 2.24) is 5.32 Å². The molecule has 1 N–H and O–H groups in total. The van der Waals surface area contributed by atoms with Gasteiger partial charge in [0.25, 0.3) is 0 Å². The molecule has 0 amide bonds. The van der Waals surface area contributed by atoms with Crippen LogP contribution < -0.4 is 5.32 Å². The number of hydrogen-bond acceptors (Lipinski definition) is 3. The summed E-state index contributed by atoms with van der Waals surface area (Å²) in [7, 11) is 0. The molecule has 0 bridgehead atoms. The standard InChI is InChI=1S/C11H21NO2.ClH/c1-3-14-11(13)9(2)8-10-4-6-12-7-5-10;/h9-10,12H,3-8H2,1-2H3;1H. The molecule has 1 unspecified atom stereocenters. The molecule has 90 valence electrons. The van der Waals surface area contributed by atoms with Crippen LogP contribution in [0.25, 0.3) is 0 Å². The van der Waals surface area contributed by atoms with Crippen LogP contribution in [-0.4, -0.2) is 25.7 Å². The smallest absolute Gasteiger partial charge is 0.308 e. The number of carbonyl (C=O) groups excluding carboxylic acids is 1. The zero-order valence-corrected chi connectivity index (χ0v) is 10.4.